The number of aldehydes is 1. The van der Waals surface area contributed by atoms with Gasteiger partial charge in [-0.25, -0.2) is 0 Å². The van der Waals surface area contributed by atoms with Crippen LogP contribution in [0.1, 0.15) is 29.6 Å². The van der Waals surface area contributed by atoms with Crippen LogP contribution in [-0.4, -0.2) is 44.5 Å². The largest absolute Gasteiger partial charge is 0.493 e. The van der Waals surface area contributed by atoms with Crippen LogP contribution in [0.5, 0.6) is 11.5 Å². The molecule has 0 saturated carbocycles. The summed E-state index contributed by atoms with van der Waals surface area (Å²) in [4.78, 5) is 13.5. The topological polar surface area (TPSA) is 38.8 Å². The van der Waals surface area contributed by atoms with Gasteiger partial charge < -0.3 is 9.47 Å². The third kappa shape index (κ3) is 3.96. The quantitative estimate of drug-likeness (QED) is 0.745. The minimum Gasteiger partial charge on any atom is -0.493 e. The Balaban J connectivity index is 1.98. The molecule has 0 N–H and O–H groups in total. The van der Waals surface area contributed by atoms with Crippen LogP contribution in [0.3, 0.4) is 0 Å². The number of methoxy groups -OCH3 is 1. The zero-order chi connectivity index (χ0) is 14.4. The Kier molecular flexibility index (Phi) is 5.86. The second-order valence-corrected chi connectivity index (χ2v) is 5.81. The van der Waals surface area contributed by atoms with E-state index in [1.54, 1.807) is 13.2 Å². The molecule has 1 fully saturated rings. The van der Waals surface area contributed by atoms with Crippen LogP contribution in [0.15, 0.2) is 16.6 Å². The molecule has 5 heteroatoms. The van der Waals surface area contributed by atoms with Crippen molar-refractivity contribution < 1.29 is 14.3 Å². The van der Waals surface area contributed by atoms with Crippen molar-refractivity contribution in [3.63, 3.8) is 0 Å². The molecule has 1 aromatic carbocycles. The highest BCUT2D eigenvalue weighted by atomic mass is 79.9. The first kappa shape index (κ1) is 15.3. The highest BCUT2D eigenvalue weighted by Crippen LogP contribution is 2.33. The van der Waals surface area contributed by atoms with Crippen molar-refractivity contribution >= 4 is 22.2 Å². The van der Waals surface area contributed by atoms with Crippen molar-refractivity contribution in [2.75, 3.05) is 33.4 Å². The summed E-state index contributed by atoms with van der Waals surface area (Å²) in [6.45, 7) is 3.74. The Hall–Kier alpha value is -1.07. The number of rotatable bonds is 6. The summed E-state index contributed by atoms with van der Waals surface area (Å²) in [5.41, 5.74) is 0.509. The molecule has 0 bridgehead atoms. The Morgan fingerprint density at radius 2 is 2.05 bits per heavy atom. The smallest absolute Gasteiger partial charge is 0.171 e. The first-order valence-corrected chi connectivity index (χ1v) is 7.71. The lowest BCUT2D eigenvalue weighted by molar-refractivity contribution is 0.111. The second kappa shape index (κ2) is 7.64. The lowest BCUT2D eigenvalue weighted by Crippen LogP contribution is -2.33. The summed E-state index contributed by atoms with van der Waals surface area (Å²) in [5.74, 6) is 1.11. The van der Waals surface area contributed by atoms with Crippen LogP contribution in [0.25, 0.3) is 0 Å². The molecule has 0 aliphatic carbocycles. The van der Waals surface area contributed by atoms with Crippen molar-refractivity contribution in [3.8, 4) is 11.5 Å². The normalized spacial score (nSPS) is 15.9. The predicted molar refractivity (Wildman–Crippen MR) is 81.9 cm³/mol. The minimum absolute atomic E-state index is 0.509. The van der Waals surface area contributed by atoms with Gasteiger partial charge in [0.1, 0.15) is 6.61 Å². The molecule has 0 atom stereocenters. The Morgan fingerprint density at radius 3 is 2.70 bits per heavy atom. The second-order valence-electron chi connectivity index (χ2n) is 4.90. The molecule has 110 valence electrons. The molecule has 1 aliphatic heterocycles. The maximum absolute atomic E-state index is 11.1. The molecule has 1 heterocycles. The van der Waals surface area contributed by atoms with Crippen molar-refractivity contribution in [2.45, 2.75) is 19.3 Å². The van der Waals surface area contributed by atoms with E-state index in [1.807, 2.05) is 6.07 Å². The van der Waals surface area contributed by atoms with Gasteiger partial charge in [-0.3, -0.25) is 9.69 Å². The number of likely N-dealkylation sites (tertiary alicyclic amines) is 1. The van der Waals surface area contributed by atoms with E-state index in [2.05, 4.69) is 20.8 Å². The van der Waals surface area contributed by atoms with Gasteiger partial charge in [-0.15, -0.1) is 0 Å². The molecule has 0 amide bonds. The van der Waals surface area contributed by atoms with Crippen molar-refractivity contribution in [1.82, 2.24) is 4.90 Å². The Morgan fingerprint density at radius 1 is 1.30 bits per heavy atom. The lowest BCUT2D eigenvalue weighted by Gasteiger charge is -2.26. The van der Waals surface area contributed by atoms with Crippen LogP contribution in [0.2, 0.25) is 0 Å². The fraction of sp³-hybridized carbons (Fsp3) is 0.533. The van der Waals surface area contributed by atoms with Gasteiger partial charge in [-0.2, -0.15) is 0 Å². The number of benzene rings is 1. The molecule has 1 aromatic rings. The van der Waals surface area contributed by atoms with Gasteiger partial charge in [0.15, 0.2) is 17.8 Å². The molecular formula is C15H20BrNO3. The first-order valence-electron chi connectivity index (χ1n) is 6.92. The SMILES string of the molecule is COc1cc(Br)cc(C=O)c1OCCN1CCCCC1. The summed E-state index contributed by atoms with van der Waals surface area (Å²) < 4.78 is 11.9. The van der Waals surface area contributed by atoms with Crippen molar-refractivity contribution in [2.24, 2.45) is 0 Å². The number of hydrogen-bond acceptors (Lipinski definition) is 4. The van der Waals surface area contributed by atoms with Crippen LogP contribution in [-0.2, 0) is 0 Å². The number of carbonyl (C=O) groups excluding carboxylic acids is 1. The standard InChI is InChI=1S/C15H20BrNO3/c1-19-14-10-13(16)9-12(11-18)15(14)20-8-7-17-5-3-2-4-6-17/h9-11H,2-8H2,1H3. The molecule has 0 aromatic heterocycles. The van der Waals surface area contributed by atoms with Gasteiger partial charge in [0.25, 0.3) is 0 Å². The number of nitrogens with zero attached hydrogens (tertiary/aromatic N) is 1. The molecule has 20 heavy (non-hydrogen) atoms. The van der Waals surface area contributed by atoms with Gasteiger partial charge in [0, 0.05) is 11.0 Å². The van der Waals surface area contributed by atoms with Crippen molar-refractivity contribution in [1.29, 1.82) is 0 Å². The van der Waals surface area contributed by atoms with Gasteiger partial charge in [-0.1, -0.05) is 22.4 Å². The maximum atomic E-state index is 11.1. The highest BCUT2D eigenvalue weighted by molar-refractivity contribution is 9.10. The van der Waals surface area contributed by atoms with Gasteiger partial charge in [-0.05, 0) is 38.1 Å². The summed E-state index contributed by atoms with van der Waals surface area (Å²) in [6.07, 6.45) is 4.65. The maximum Gasteiger partial charge on any atom is 0.171 e. The Bertz CT molecular complexity index is 459. The number of halogens is 1. The average molecular weight is 342 g/mol. The number of ether oxygens (including phenoxy) is 2. The molecule has 4 nitrogen and oxygen atoms in total. The average Bonchev–Trinajstić information content (AvgIpc) is 2.49. The third-order valence-corrected chi connectivity index (χ3v) is 3.96. The zero-order valence-electron chi connectivity index (χ0n) is 11.7. The molecule has 0 unspecified atom stereocenters. The molecule has 1 aliphatic rings. The fourth-order valence-electron chi connectivity index (χ4n) is 2.44. The molecule has 1 saturated heterocycles. The van der Waals surface area contributed by atoms with E-state index in [4.69, 9.17) is 9.47 Å². The summed E-state index contributed by atoms with van der Waals surface area (Å²) in [7, 11) is 1.58. The number of piperidine rings is 1. The van der Waals surface area contributed by atoms with Crippen LogP contribution in [0.4, 0.5) is 0 Å². The predicted octanol–water partition coefficient (Wildman–Crippen LogP) is 3.13. The monoisotopic (exact) mass is 341 g/mol. The third-order valence-electron chi connectivity index (χ3n) is 3.50. The van der Waals surface area contributed by atoms with Crippen LogP contribution in [0, 0.1) is 0 Å². The lowest BCUT2D eigenvalue weighted by atomic mass is 10.1. The summed E-state index contributed by atoms with van der Waals surface area (Å²) in [6, 6.07) is 3.55. The van der Waals surface area contributed by atoms with Crippen LogP contribution < -0.4 is 9.47 Å². The molecule has 0 radical (unpaired) electrons. The van der Waals surface area contributed by atoms with E-state index in [-0.39, 0.29) is 0 Å². The Labute approximate surface area is 128 Å². The molecule has 0 spiro atoms. The number of carbonyl (C=O) groups is 1. The van der Waals surface area contributed by atoms with E-state index in [1.165, 1.54) is 19.3 Å². The van der Waals surface area contributed by atoms with E-state index in [0.29, 0.717) is 23.7 Å². The van der Waals surface area contributed by atoms with E-state index in [0.717, 1.165) is 30.4 Å². The summed E-state index contributed by atoms with van der Waals surface area (Å²) >= 11 is 3.36. The van der Waals surface area contributed by atoms with E-state index in [9.17, 15) is 4.79 Å². The fourth-order valence-corrected chi connectivity index (χ4v) is 2.90. The van der Waals surface area contributed by atoms with E-state index >= 15 is 0 Å². The van der Waals surface area contributed by atoms with E-state index < -0.39 is 0 Å². The van der Waals surface area contributed by atoms with Gasteiger partial charge >= 0.3 is 0 Å². The van der Waals surface area contributed by atoms with Crippen LogP contribution >= 0.6 is 15.9 Å². The first-order chi connectivity index (χ1) is 9.74. The van der Waals surface area contributed by atoms with Crippen molar-refractivity contribution in [3.05, 3.63) is 22.2 Å². The summed E-state index contributed by atoms with van der Waals surface area (Å²) in [5, 5.41) is 0. The highest BCUT2D eigenvalue weighted by Gasteiger charge is 2.14. The molecule has 2 rings (SSSR count). The van der Waals surface area contributed by atoms with Gasteiger partial charge in [0.2, 0.25) is 0 Å². The minimum atomic E-state index is 0.509. The van der Waals surface area contributed by atoms with Gasteiger partial charge in [0.05, 0.1) is 12.7 Å². The number of hydrogen-bond donors (Lipinski definition) is 0. The molecular weight excluding hydrogens is 322 g/mol. The zero-order valence-corrected chi connectivity index (χ0v) is 13.3.